The first-order valence-electron chi connectivity index (χ1n) is 8.56. The number of likely N-dealkylation sites (N-methyl/N-ethyl adjacent to an activating group) is 1. The molecule has 2 fully saturated rings. The summed E-state index contributed by atoms with van der Waals surface area (Å²) in [6.45, 7) is 1.74. The summed E-state index contributed by atoms with van der Waals surface area (Å²) in [5.41, 5.74) is 0.0935. The molecule has 0 saturated carbocycles. The molecular formula is C18H21N3O5. The molecule has 26 heavy (non-hydrogen) atoms. The Balaban J connectivity index is 1.60. The summed E-state index contributed by atoms with van der Waals surface area (Å²) in [6.07, 6.45) is 0. The van der Waals surface area contributed by atoms with Crippen molar-refractivity contribution in [2.24, 2.45) is 11.3 Å². The molecular weight excluding hydrogens is 338 g/mol. The number of fused-ring (bicyclic) bond motifs is 2. The van der Waals surface area contributed by atoms with E-state index < -0.39 is 11.4 Å². The van der Waals surface area contributed by atoms with Gasteiger partial charge in [0.25, 0.3) is 11.8 Å². The highest BCUT2D eigenvalue weighted by molar-refractivity contribution is 6.01. The molecule has 0 aliphatic carbocycles. The van der Waals surface area contributed by atoms with Crippen LogP contribution in [0.5, 0.6) is 5.75 Å². The lowest BCUT2D eigenvalue weighted by atomic mass is 9.81. The third-order valence-corrected chi connectivity index (χ3v) is 5.79. The minimum absolute atomic E-state index is 0.0146. The molecule has 3 heterocycles. The molecule has 2 atom stereocenters. The van der Waals surface area contributed by atoms with E-state index in [2.05, 4.69) is 0 Å². The largest absolute Gasteiger partial charge is 0.482 e. The lowest BCUT2D eigenvalue weighted by molar-refractivity contribution is -0.148. The Bertz CT molecular complexity index is 810. The number of carbonyl (C=O) groups is 3. The summed E-state index contributed by atoms with van der Waals surface area (Å²) in [5, 5.41) is 9.76. The summed E-state index contributed by atoms with van der Waals surface area (Å²) in [5.74, 6) is -0.737. The maximum atomic E-state index is 13.0. The van der Waals surface area contributed by atoms with Crippen molar-refractivity contribution in [3.8, 4) is 5.75 Å². The number of hydrogen-bond acceptors (Lipinski definition) is 5. The second-order valence-corrected chi connectivity index (χ2v) is 7.46. The fourth-order valence-electron chi connectivity index (χ4n) is 4.36. The SMILES string of the molecule is CN1C[C@H]2CN(C(=O)c3ccc4c(c3)N(C)C(=O)CO4)C[C@@]2(C(=O)O)C1. The Morgan fingerprint density at radius 2 is 2.00 bits per heavy atom. The van der Waals surface area contributed by atoms with Crippen molar-refractivity contribution in [2.75, 3.05) is 51.8 Å². The van der Waals surface area contributed by atoms with E-state index >= 15 is 0 Å². The summed E-state index contributed by atoms with van der Waals surface area (Å²) in [6, 6.07) is 4.99. The molecule has 138 valence electrons. The van der Waals surface area contributed by atoms with Crippen molar-refractivity contribution in [2.45, 2.75) is 0 Å². The molecule has 8 heteroatoms. The monoisotopic (exact) mass is 359 g/mol. The summed E-state index contributed by atoms with van der Waals surface area (Å²) >= 11 is 0. The molecule has 3 aliphatic rings. The average Bonchev–Trinajstić information content (AvgIpc) is 3.11. The van der Waals surface area contributed by atoms with E-state index in [-0.39, 0.29) is 30.9 Å². The van der Waals surface area contributed by atoms with Gasteiger partial charge in [0.15, 0.2) is 6.61 Å². The number of rotatable bonds is 2. The Kier molecular flexibility index (Phi) is 3.69. The number of nitrogens with zero attached hydrogens (tertiary/aromatic N) is 3. The van der Waals surface area contributed by atoms with Gasteiger partial charge in [0.2, 0.25) is 0 Å². The van der Waals surface area contributed by atoms with E-state index in [1.807, 2.05) is 11.9 Å². The van der Waals surface area contributed by atoms with Crippen LogP contribution >= 0.6 is 0 Å². The highest BCUT2D eigenvalue weighted by atomic mass is 16.5. The van der Waals surface area contributed by atoms with Crippen LogP contribution in [0.2, 0.25) is 0 Å². The van der Waals surface area contributed by atoms with Crippen LogP contribution in [0, 0.1) is 11.3 Å². The molecule has 1 aromatic carbocycles. The number of likely N-dealkylation sites (tertiary alicyclic amines) is 2. The van der Waals surface area contributed by atoms with Crippen LogP contribution < -0.4 is 9.64 Å². The minimum atomic E-state index is -0.894. The predicted molar refractivity (Wildman–Crippen MR) is 92.3 cm³/mol. The Labute approximate surface area is 150 Å². The fourth-order valence-corrected chi connectivity index (χ4v) is 4.36. The van der Waals surface area contributed by atoms with E-state index in [0.29, 0.717) is 36.6 Å². The van der Waals surface area contributed by atoms with Gasteiger partial charge >= 0.3 is 5.97 Å². The third-order valence-electron chi connectivity index (χ3n) is 5.79. The zero-order valence-electron chi connectivity index (χ0n) is 14.8. The van der Waals surface area contributed by atoms with E-state index in [1.165, 1.54) is 4.90 Å². The standard InChI is InChI=1S/C18H21N3O5/c1-19-6-12-7-21(10-18(12,9-19)17(24)25)16(23)11-3-4-14-13(5-11)20(2)15(22)8-26-14/h3-5,12H,6-10H2,1-2H3,(H,24,25)/t12-,18-/m0/s1. The maximum Gasteiger partial charge on any atom is 0.313 e. The normalized spacial score (nSPS) is 27.9. The summed E-state index contributed by atoms with van der Waals surface area (Å²) < 4.78 is 5.39. The molecule has 1 aromatic rings. The molecule has 0 aromatic heterocycles. The molecule has 0 bridgehead atoms. The lowest BCUT2D eigenvalue weighted by Gasteiger charge is -2.27. The van der Waals surface area contributed by atoms with Crippen LogP contribution in [-0.2, 0) is 9.59 Å². The Hall–Kier alpha value is -2.61. The highest BCUT2D eigenvalue weighted by Crippen LogP contribution is 2.43. The number of carbonyl (C=O) groups excluding carboxylic acids is 2. The molecule has 0 radical (unpaired) electrons. The van der Waals surface area contributed by atoms with Crippen molar-refractivity contribution in [1.29, 1.82) is 0 Å². The molecule has 2 saturated heterocycles. The average molecular weight is 359 g/mol. The highest BCUT2D eigenvalue weighted by Gasteiger charge is 2.57. The number of amides is 2. The van der Waals surface area contributed by atoms with Crippen LogP contribution in [0.1, 0.15) is 10.4 Å². The lowest BCUT2D eigenvalue weighted by Crippen LogP contribution is -2.41. The smallest absolute Gasteiger partial charge is 0.313 e. The van der Waals surface area contributed by atoms with Crippen LogP contribution in [0.25, 0.3) is 0 Å². The van der Waals surface area contributed by atoms with Gasteiger partial charge in [-0.15, -0.1) is 0 Å². The van der Waals surface area contributed by atoms with E-state index in [1.54, 1.807) is 30.1 Å². The molecule has 8 nitrogen and oxygen atoms in total. The number of benzene rings is 1. The maximum absolute atomic E-state index is 13.0. The summed E-state index contributed by atoms with van der Waals surface area (Å²) in [4.78, 5) is 41.8. The van der Waals surface area contributed by atoms with Crippen molar-refractivity contribution < 1.29 is 24.2 Å². The van der Waals surface area contributed by atoms with Crippen LogP contribution in [0.4, 0.5) is 5.69 Å². The van der Waals surface area contributed by atoms with E-state index in [0.717, 1.165) is 0 Å². The first-order chi connectivity index (χ1) is 12.3. The van der Waals surface area contributed by atoms with Crippen LogP contribution in [0.15, 0.2) is 18.2 Å². The summed E-state index contributed by atoms with van der Waals surface area (Å²) in [7, 11) is 3.55. The Morgan fingerprint density at radius 1 is 1.23 bits per heavy atom. The zero-order valence-corrected chi connectivity index (χ0v) is 14.8. The number of hydrogen-bond donors (Lipinski definition) is 1. The van der Waals surface area contributed by atoms with Gasteiger partial charge in [-0.3, -0.25) is 14.4 Å². The zero-order chi connectivity index (χ0) is 18.6. The topological polar surface area (TPSA) is 90.4 Å². The number of carboxylic acid groups (broad SMARTS) is 1. The molecule has 2 amide bonds. The van der Waals surface area contributed by atoms with Gasteiger partial charge < -0.3 is 24.5 Å². The van der Waals surface area contributed by atoms with Gasteiger partial charge in [0.1, 0.15) is 11.2 Å². The van der Waals surface area contributed by atoms with E-state index in [4.69, 9.17) is 4.74 Å². The number of aliphatic carboxylic acids is 1. The number of anilines is 1. The van der Waals surface area contributed by atoms with Crippen LogP contribution in [0.3, 0.4) is 0 Å². The Morgan fingerprint density at radius 3 is 2.69 bits per heavy atom. The predicted octanol–water partition coefficient (Wildman–Crippen LogP) is 0.130. The number of ether oxygens (including phenoxy) is 1. The van der Waals surface area contributed by atoms with Crippen molar-refractivity contribution in [3.63, 3.8) is 0 Å². The van der Waals surface area contributed by atoms with E-state index in [9.17, 15) is 19.5 Å². The van der Waals surface area contributed by atoms with Crippen molar-refractivity contribution in [3.05, 3.63) is 23.8 Å². The number of carboxylic acids is 1. The van der Waals surface area contributed by atoms with Crippen LogP contribution in [-0.4, -0.2) is 79.6 Å². The first kappa shape index (κ1) is 16.8. The quantitative estimate of drug-likeness (QED) is 0.807. The molecule has 4 rings (SSSR count). The second kappa shape index (κ2) is 5.70. The van der Waals surface area contributed by atoms with Gasteiger partial charge in [0.05, 0.1) is 5.69 Å². The van der Waals surface area contributed by atoms with Crippen molar-refractivity contribution in [1.82, 2.24) is 9.80 Å². The third kappa shape index (κ3) is 2.36. The van der Waals surface area contributed by atoms with Gasteiger partial charge in [-0.05, 0) is 25.2 Å². The molecule has 0 spiro atoms. The first-order valence-corrected chi connectivity index (χ1v) is 8.56. The molecule has 1 N–H and O–H groups in total. The van der Waals surface area contributed by atoms with Gasteiger partial charge in [-0.2, -0.15) is 0 Å². The van der Waals surface area contributed by atoms with Crippen molar-refractivity contribution >= 4 is 23.5 Å². The molecule has 0 unspecified atom stereocenters. The fraction of sp³-hybridized carbons (Fsp3) is 0.500. The van der Waals surface area contributed by atoms with Gasteiger partial charge in [0, 0.05) is 44.7 Å². The molecule has 3 aliphatic heterocycles. The minimum Gasteiger partial charge on any atom is -0.482 e. The second-order valence-electron chi connectivity index (χ2n) is 7.46. The van der Waals surface area contributed by atoms with Gasteiger partial charge in [-0.25, -0.2) is 0 Å². The van der Waals surface area contributed by atoms with Gasteiger partial charge in [-0.1, -0.05) is 0 Å².